The number of β-amino-alcohol motifs (C(OH)–C–C–N with tert-alkyl or cyclic N) is 1. The highest BCUT2D eigenvalue weighted by molar-refractivity contribution is 5.85. The van der Waals surface area contributed by atoms with Crippen molar-refractivity contribution in [3.63, 3.8) is 0 Å². The predicted octanol–water partition coefficient (Wildman–Crippen LogP) is -1.03. The van der Waals surface area contributed by atoms with Gasteiger partial charge in [0.25, 0.3) is 0 Å². The Morgan fingerprint density at radius 2 is 1.81 bits per heavy atom. The molecule has 0 bridgehead atoms. The number of rotatable bonds is 4. The molecule has 5 nitrogen and oxygen atoms in total. The highest BCUT2D eigenvalue weighted by Crippen LogP contribution is 2.19. The Kier molecular flexibility index (Phi) is 7.46. The van der Waals surface area contributed by atoms with Crippen LogP contribution in [-0.2, 0) is 0 Å². The monoisotopic (exact) mass is 255 g/mol. The zero-order valence-electron chi connectivity index (χ0n) is 9.49. The van der Waals surface area contributed by atoms with Crippen LogP contribution in [0.15, 0.2) is 0 Å². The van der Waals surface area contributed by atoms with E-state index in [0.29, 0.717) is 6.54 Å². The third kappa shape index (κ3) is 3.55. The molecule has 0 saturated carbocycles. The molecule has 0 aliphatic carbocycles. The lowest BCUT2D eigenvalue weighted by Crippen LogP contribution is -2.62. The molecule has 16 heavy (non-hydrogen) atoms. The van der Waals surface area contributed by atoms with Crippen LogP contribution in [0, 0.1) is 0 Å². The van der Waals surface area contributed by atoms with Crippen LogP contribution in [0.4, 0.5) is 0 Å². The fourth-order valence-electron chi connectivity index (χ4n) is 2.00. The van der Waals surface area contributed by atoms with Crippen LogP contribution in [0.1, 0.15) is 19.8 Å². The number of piperidine rings is 1. The summed E-state index contributed by atoms with van der Waals surface area (Å²) in [6.45, 7) is 2.89. The Morgan fingerprint density at radius 1 is 1.19 bits per heavy atom. The number of hydrogen-bond donors (Lipinski definition) is 4. The number of halogens is 1. The first-order valence-electron chi connectivity index (χ1n) is 5.51. The van der Waals surface area contributed by atoms with Crippen LogP contribution >= 0.6 is 12.4 Å². The Balaban J connectivity index is 0.00000225. The summed E-state index contributed by atoms with van der Waals surface area (Å²) in [7, 11) is 0. The first kappa shape index (κ1) is 16.1. The van der Waals surface area contributed by atoms with Crippen LogP contribution in [0.2, 0.25) is 0 Å². The van der Waals surface area contributed by atoms with Crippen molar-refractivity contribution in [3.8, 4) is 0 Å². The maximum absolute atomic E-state index is 9.67. The standard InChI is InChI=1S/C10H21NO4.ClH/c1-2-3-4-11-5-8(13)10(15)9(14)7(11)6-12;/h7-10,12-15H,2-6H2,1H3;1H/t7?,8?,9-,10?;/m1./s1. The molecule has 1 heterocycles. The van der Waals surface area contributed by atoms with Gasteiger partial charge in [0.1, 0.15) is 12.2 Å². The summed E-state index contributed by atoms with van der Waals surface area (Å²) in [5.74, 6) is 0. The molecule has 1 saturated heterocycles. The van der Waals surface area contributed by atoms with E-state index in [9.17, 15) is 15.3 Å². The number of unbranched alkanes of at least 4 members (excludes halogenated alkanes) is 1. The summed E-state index contributed by atoms with van der Waals surface area (Å²) in [6, 6.07) is -0.463. The molecular weight excluding hydrogens is 234 g/mol. The van der Waals surface area contributed by atoms with Crippen molar-refractivity contribution in [2.24, 2.45) is 0 Å². The van der Waals surface area contributed by atoms with Gasteiger partial charge in [-0.05, 0) is 13.0 Å². The Hall–Kier alpha value is 0.0900. The predicted molar refractivity (Wildman–Crippen MR) is 62.6 cm³/mol. The van der Waals surface area contributed by atoms with Gasteiger partial charge in [0, 0.05) is 6.54 Å². The fraction of sp³-hybridized carbons (Fsp3) is 1.00. The molecule has 6 heteroatoms. The highest BCUT2D eigenvalue weighted by Gasteiger charge is 2.40. The molecule has 0 aromatic rings. The second-order valence-corrected chi connectivity index (χ2v) is 4.15. The van der Waals surface area contributed by atoms with Crippen LogP contribution in [-0.4, -0.2) is 69.4 Å². The Bertz CT molecular complexity index is 196. The van der Waals surface area contributed by atoms with Gasteiger partial charge in [0.05, 0.1) is 18.8 Å². The van der Waals surface area contributed by atoms with Crippen molar-refractivity contribution in [2.45, 2.75) is 44.1 Å². The molecule has 0 aromatic heterocycles. The van der Waals surface area contributed by atoms with Crippen LogP contribution < -0.4 is 0 Å². The van der Waals surface area contributed by atoms with Gasteiger partial charge in [0.2, 0.25) is 0 Å². The third-order valence-electron chi connectivity index (χ3n) is 3.01. The number of nitrogens with zero attached hydrogens (tertiary/aromatic N) is 1. The van der Waals surface area contributed by atoms with Crippen molar-refractivity contribution in [1.29, 1.82) is 0 Å². The molecule has 1 aliphatic rings. The summed E-state index contributed by atoms with van der Waals surface area (Å²) in [5, 5.41) is 37.8. The van der Waals surface area contributed by atoms with Crippen LogP contribution in [0.5, 0.6) is 0 Å². The van der Waals surface area contributed by atoms with E-state index in [1.165, 1.54) is 0 Å². The molecule has 1 fully saturated rings. The third-order valence-corrected chi connectivity index (χ3v) is 3.01. The van der Waals surface area contributed by atoms with Gasteiger partial charge in [-0.3, -0.25) is 4.90 Å². The topological polar surface area (TPSA) is 84.2 Å². The average Bonchev–Trinajstić information content (AvgIpc) is 2.23. The molecule has 3 unspecified atom stereocenters. The number of hydrogen-bond acceptors (Lipinski definition) is 5. The molecule has 1 rings (SSSR count). The molecule has 4 N–H and O–H groups in total. The van der Waals surface area contributed by atoms with E-state index in [2.05, 4.69) is 6.92 Å². The van der Waals surface area contributed by atoms with Gasteiger partial charge in [-0.25, -0.2) is 0 Å². The van der Waals surface area contributed by atoms with Crippen molar-refractivity contribution < 1.29 is 20.4 Å². The molecule has 0 radical (unpaired) electrons. The van der Waals surface area contributed by atoms with Gasteiger partial charge in [0.15, 0.2) is 0 Å². The van der Waals surface area contributed by atoms with E-state index in [-0.39, 0.29) is 19.0 Å². The zero-order chi connectivity index (χ0) is 11.4. The lowest BCUT2D eigenvalue weighted by molar-refractivity contribution is -0.145. The molecule has 4 atom stereocenters. The van der Waals surface area contributed by atoms with Gasteiger partial charge in [-0.1, -0.05) is 13.3 Å². The minimum Gasteiger partial charge on any atom is -0.395 e. The number of aliphatic hydroxyl groups is 4. The zero-order valence-corrected chi connectivity index (χ0v) is 10.3. The van der Waals surface area contributed by atoms with Crippen molar-refractivity contribution in [3.05, 3.63) is 0 Å². The van der Waals surface area contributed by atoms with E-state index in [4.69, 9.17) is 5.11 Å². The summed E-state index contributed by atoms with van der Waals surface area (Å²) in [5.41, 5.74) is 0. The fourth-order valence-corrected chi connectivity index (χ4v) is 2.00. The molecule has 1 aliphatic heterocycles. The van der Waals surface area contributed by atoms with Gasteiger partial charge in [-0.15, -0.1) is 12.4 Å². The molecule has 0 amide bonds. The smallest absolute Gasteiger partial charge is 0.109 e. The van der Waals surface area contributed by atoms with E-state index in [0.717, 1.165) is 19.4 Å². The van der Waals surface area contributed by atoms with Crippen molar-refractivity contribution in [1.82, 2.24) is 4.90 Å². The second kappa shape index (κ2) is 7.42. The average molecular weight is 256 g/mol. The maximum Gasteiger partial charge on any atom is 0.109 e. The molecule has 98 valence electrons. The molecular formula is C10H22ClNO4. The van der Waals surface area contributed by atoms with Gasteiger partial charge in [-0.2, -0.15) is 0 Å². The highest BCUT2D eigenvalue weighted by atomic mass is 35.5. The lowest BCUT2D eigenvalue weighted by atomic mass is 9.94. The SMILES string of the molecule is CCCCN1CC(O)C(O)[C@H](O)C1CO.Cl. The normalized spacial score (nSPS) is 35.8. The molecule has 0 aromatic carbocycles. The van der Waals surface area contributed by atoms with Gasteiger partial charge < -0.3 is 20.4 Å². The first-order chi connectivity index (χ1) is 7.11. The number of likely N-dealkylation sites (tertiary alicyclic amines) is 1. The van der Waals surface area contributed by atoms with Crippen LogP contribution in [0.3, 0.4) is 0 Å². The maximum atomic E-state index is 9.67. The second-order valence-electron chi connectivity index (χ2n) is 4.15. The minimum atomic E-state index is -1.15. The summed E-state index contributed by atoms with van der Waals surface area (Å²) < 4.78 is 0. The summed E-state index contributed by atoms with van der Waals surface area (Å²) >= 11 is 0. The van der Waals surface area contributed by atoms with E-state index in [1.54, 1.807) is 0 Å². The van der Waals surface area contributed by atoms with Gasteiger partial charge >= 0.3 is 0 Å². The van der Waals surface area contributed by atoms with Crippen molar-refractivity contribution >= 4 is 12.4 Å². The van der Waals surface area contributed by atoms with Crippen LogP contribution in [0.25, 0.3) is 0 Å². The lowest BCUT2D eigenvalue weighted by Gasteiger charge is -2.43. The first-order valence-corrected chi connectivity index (χ1v) is 5.51. The van der Waals surface area contributed by atoms with E-state index < -0.39 is 24.4 Å². The summed E-state index contributed by atoms with van der Waals surface area (Å²) in [4.78, 5) is 1.84. The number of aliphatic hydroxyl groups excluding tert-OH is 4. The van der Waals surface area contributed by atoms with E-state index in [1.807, 2.05) is 4.90 Å². The largest absolute Gasteiger partial charge is 0.395 e. The summed E-state index contributed by atoms with van der Waals surface area (Å²) in [6.07, 6.45) is -1.19. The Morgan fingerprint density at radius 3 is 2.31 bits per heavy atom. The van der Waals surface area contributed by atoms with E-state index >= 15 is 0 Å². The molecule has 0 spiro atoms. The quantitative estimate of drug-likeness (QED) is 0.516. The Labute approximate surface area is 102 Å². The minimum absolute atomic E-state index is 0. The van der Waals surface area contributed by atoms with Crippen molar-refractivity contribution in [2.75, 3.05) is 19.7 Å².